The molecule has 1 aliphatic heterocycles. The molecule has 0 saturated carbocycles. The average Bonchev–Trinajstić information content (AvgIpc) is 3.24. The summed E-state index contributed by atoms with van der Waals surface area (Å²) >= 11 is 1.38. The van der Waals surface area contributed by atoms with Crippen LogP contribution in [0.4, 0.5) is 0 Å². The Balaban J connectivity index is 0.00000280. The minimum atomic E-state index is -0.577. The van der Waals surface area contributed by atoms with E-state index in [0.29, 0.717) is 23.8 Å². The van der Waals surface area contributed by atoms with E-state index in [0.717, 1.165) is 25.1 Å². The maximum atomic E-state index is 12.8. The molecule has 1 fully saturated rings. The van der Waals surface area contributed by atoms with E-state index in [9.17, 15) is 9.59 Å². The van der Waals surface area contributed by atoms with Gasteiger partial charge in [-0.1, -0.05) is 36.4 Å². The Bertz CT molecular complexity index is 719. The van der Waals surface area contributed by atoms with Gasteiger partial charge in [-0.15, -0.1) is 23.7 Å². The van der Waals surface area contributed by atoms with E-state index in [-0.39, 0.29) is 24.2 Å². The summed E-state index contributed by atoms with van der Waals surface area (Å²) in [5.74, 6) is 0.303. The first-order valence-corrected chi connectivity index (χ1v) is 10.5. The number of rotatable bonds is 8. The third-order valence-electron chi connectivity index (χ3n) is 4.90. The van der Waals surface area contributed by atoms with Gasteiger partial charge in [-0.3, -0.25) is 9.59 Å². The van der Waals surface area contributed by atoms with Crippen LogP contribution in [0.2, 0.25) is 0 Å². The van der Waals surface area contributed by atoms with Crippen molar-refractivity contribution < 1.29 is 9.59 Å². The van der Waals surface area contributed by atoms with Gasteiger partial charge in [0.15, 0.2) is 0 Å². The summed E-state index contributed by atoms with van der Waals surface area (Å²) in [6, 6.07) is 12.8. The summed E-state index contributed by atoms with van der Waals surface area (Å²) in [6.45, 7) is 2.76. The molecule has 2 atom stereocenters. The minimum absolute atomic E-state index is 0. The molecule has 28 heavy (non-hydrogen) atoms. The molecule has 152 valence electrons. The Hall–Kier alpha value is -1.89. The molecule has 7 heteroatoms. The van der Waals surface area contributed by atoms with Crippen molar-refractivity contribution in [3.05, 3.63) is 58.3 Å². The number of hydrogen-bond acceptors (Lipinski definition) is 4. The van der Waals surface area contributed by atoms with E-state index >= 15 is 0 Å². The molecule has 3 N–H and O–H groups in total. The average molecular weight is 422 g/mol. The Kier molecular flexibility index (Phi) is 9.47. The third kappa shape index (κ3) is 6.93. The van der Waals surface area contributed by atoms with E-state index in [2.05, 4.69) is 16.0 Å². The monoisotopic (exact) mass is 421 g/mol. The standard InChI is InChI=1S/C21H27N3O2S.ClH/c25-20(23-12-10-17-8-4-11-22-15-17)18(14-16-6-2-1-3-7-16)24-21(26)19-9-5-13-27-19;/h1-3,5-7,9,13,17-18,22H,4,8,10-12,14-15H2,(H,23,25)(H,24,26);1H. The maximum absolute atomic E-state index is 12.8. The van der Waals surface area contributed by atoms with Crippen LogP contribution in [-0.4, -0.2) is 37.5 Å². The van der Waals surface area contributed by atoms with Crippen LogP contribution in [0.25, 0.3) is 0 Å². The zero-order valence-corrected chi connectivity index (χ0v) is 17.5. The first-order chi connectivity index (χ1) is 13.2. The van der Waals surface area contributed by atoms with Crippen LogP contribution < -0.4 is 16.0 Å². The number of nitrogens with one attached hydrogen (secondary N) is 3. The van der Waals surface area contributed by atoms with E-state index < -0.39 is 6.04 Å². The van der Waals surface area contributed by atoms with Gasteiger partial charge in [0.25, 0.3) is 5.91 Å². The van der Waals surface area contributed by atoms with Crippen LogP contribution in [0.3, 0.4) is 0 Å². The third-order valence-corrected chi connectivity index (χ3v) is 5.77. The highest BCUT2D eigenvalue weighted by atomic mass is 35.5. The highest BCUT2D eigenvalue weighted by Gasteiger charge is 2.22. The van der Waals surface area contributed by atoms with Crippen molar-refractivity contribution in [3.63, 3.8) is 0 Å². The Labute approximate surface area is 176 Å². The lowest BCUT2D eigenvalue weighted by Crippen LogP contribution is -2.48. The van der Waals surface area contributed by atoms with Gasteiger partial charge in [-0.25, -0.2) is 0 Å². The smallest absolute Gasteiger partial charge is 0.262 e. The van der Waals surface area contributed by atoms with Gasteiger partial charge in [0.2, 0.25) is 5.91 Å². The zero-order chi connectivity index (χ0) is 18.9. The van der Waals surface area contributed by atoms with Crippen molar-refractivity contribution >= 4 is 35.6 Å². The van der Waals surface area contributed by atoms with Crippen molar-refractivity contribution in [1.29, 1.82) is 0 Å². The van der Waals surface area contributed by atoms with Crippen LogP contribution in [0.15, 0.2) is 47.8 Å². The largest absolute Gasteiger partial charge is 0.354 e. The van der Waals surface area contributed by atoms with Crippen LogP contribution in [0.5, 0.6) is 0 Å². The van der Waals surface area contributed by atoms with Crippen LogP contribution in [0, 0.1) is 5.92 Å². The number of piperidine rings is 1. The molecule has 3 rings (SSSR count). The summed E-state index contributed by atoms with van der Waals surface area (Å²) in [5, 5.41) is 11.2. The summed E-state index contributed by atoms with van der Waals surface area (Å²) < 4.78 is 0. The predicted molar refractivity (Wildman–Crippen MR) is 116 cm³/mol. The van der Waals surface area contributed by atoms with Gasteiger partial charge in [0.05, 0.1) is 4.88 Å². The topological polar surface area (TPSA) is 70.2 Å². The van der Waals surface area contributed by atoms with Gasteiger partial charge < -0.3 is 16.0 Å². The lowest BCUT2D eigenvalue weighted by Gasteiger charge is -2.23. The molecule has 0 spiro atoms. The number of halogens is 1. The molecular formula is C21H28ClN3O2S. The van der Waals surface area contributed by atoms with Crippen molar-refractivity contribution in [1.82, 2.24) is 16.0 Å². The normalized spacial score (nSPS) is 17.2. The predicted octanol–water partition coefficient (Wildman–Crippen LogP) is 3.02. The molecule has 1 aromatic heterocycles. The molecule has 0 bridgehead atoms. The van der Waals surface area contributed by atoms with Crippen LogP contribution in [-0.2, 0) is 11.2 Å². The second-order valence-corrected chi connectivity index (χ2v) is 7.93. The molecule has 1 saturated heterocycles. The van der Waals surface area contributed by atoms with Gasteiger partial charge in [-0.05, 0) is 55.3 Å². The second-order valence-electron chi connectivity index (χ2n) is 6.99. The highest BCUT2D eigenvalue weighted by molar-refractivity contribution is 7.12. The lowest BCUT2D eigenvalue weighted by molar-refractivity contribution is -0.123. The molecule has 1 aromatic carbocycles. The lowest BCUT2D eigenvalue weighted by atomic mass is 9.96. The molecular weight excluding hydrogens is 394 g/mol. The number of hydrogen-bond donors (Lipinski definition) is 3. The maximum Gasteiger partial charge on any atom is 0.262 e. The Morgan fingerprint density at radius 3 is 2.68 bits per heavy atom. The molecule has 5 nitrogen and oxygen atoms in total. The van der Waals surface area contributed by atoms with Gasteiger partial charge >= 0.3 is 0 Å². The van der Waals surface area contributed by atoms with Crippen LogP contribution >= 0.6 is 23.7 Å². The fourth-order valence-corrected chi connectivity index (χ4v) is 4.02. The first-order valence-electron chi connectivity index (χ1n) is 9.59. The number of carbonyl (C=O) groups is 2. The summed E-state index contributed by atoms with van der Waals surface area (Å²) in [7, 11) is 0. The van der Waals surface area contributed by atoms with Gasteiger partial charge in [-0.2, -0.15) is 0 Å². The molecule has 0 aliphatic carbocycles. The fourth-order valence-electron chi connectivity index (χ4n) is 3.39. The molecule has 2 amide bonds. The van der Waals surface area contributed by atoms with E-state index in [4.69, 9.17) is 0 Å². The van der Waals surface area contributed by atoms with Crippen molar-refractivity contribution in [2.75, 3.05) is 19.6 Å². The molecule has 0 radical (unpaired) electrons. The van der Waals surface area contributed by atoms with Gasteiger partial charge in [0, 0.05) is 13.0 Å². The second kappa shape index (κ2) is 11.8. The molecule has 2 unspecified atom stereocenters. The quantitative estimate of drug-likeness (QED) is 0.613. The van der Waals surface area contributed by atoms with E-state index in [1.807, 2.05) is 41.8 Å². The van der Waals surface area contributed by atoms with Crippen LogP contribution in [0.1, 0.15) is 34.5 Å². The van der Waals surface area contributed by atoms with Crippen molar-refractivity contribution in [2.24, 2.45) is 5.92 Å². The van der Waals surface area contributed by atoms with Crippen molar-refractivity contribution in [3.8, 4) is 0 Å². The van der Waals surface area contributed by atoms with E-state index in [1.54, 1.807) is 6.07 Å². The summed E-state index contributed by atoms with van der Waals surface area (Å²) in [5.41, 5.74) is 1.03. The molecule has 2 heterocycles. The number of benzene rings is 1. The Morgan fingerprint density at radius 1 is 1.18 bits per heavy atom. The zero-order valence-electron chi connectivity index (χ0n) is 15.9. The number of thiophene rings is 1. The minimum Gasteiger partial charge on any atom is -0.354 e. The Morgan fingerprint density at radius 2 is 2.00 bits per heavy atom. The number of carbonyl (C=O) groups excluding carboxylic acids is 2. The number of amides is 2. The SMILES string of the molecule is Cl.O=C(NC(Cc1ccccc1)C(=O)NCCC1CCCNC1)c1cccs1. The van der Waals surface area contributed by atoms with Crippen molar-refractivity contribution in [2.45, 2.75) is 31.7 Å². The molecule has 2 aromatic rings. The molecule has 1 aliphatic rings. The first kappa shape index (κ1) is 22.4. The van der Waals surface area contributed by atoms with E-state index in [1.165, 1.54) is 24.2 Å². The summed E-state index contributed by atoms with van der Waals surface area (Å²) in [6.07, 6.45) is 3.86. The highest BCUT2D eigenvalue weighted by Crippen LogP contribution is 2.13. The summed E-state index contributed by atoms with van der Waals surface area (Å²) in [4.78, 5) is 25.8. The van der Waals surface area contributed by atoms with Gasteiger partial charge in [0.1, 0.15) is 6.04 Å². The fraction of sp³-hybridized carbons (Fsp3) is 0.429.